The van der Waals surface area contributed by atoms with Crippen LogP contribution in [0.1, 0.15) is 11.1 Å². The van der Waals surface area contributed by atoms with Gasteiger partial charge in [-0.2, -0.15) is 5.26 Å². The van der Waals surface area contributed by atoms with Gasteiger partial charge in [-0.1, -0.05) is 12.1 Å². The standard InChI is InChI=1S/C10H10FNO/c11-4-5-13-8-10-3-1-2-9(6-10)7-12/h1-3,6H,4-5,8H2. The van der Waals surface area contributed by atoms with Gasteiger partial charge in [-0.15, -0.1) is 0 Å². The largest absolute Gasteiger partial charge is 0.374 e. The zero-order valence-electron chi connectivity index (χ0n) is 7.16. The molecule has 0 amide bonds. The normalized spacial score (nSPS) is 9.54. The van der Waals surface area contributed by atoms with Crippen molar-refractivity contribution >= 4 is 0 Å². The van der Waals surface area contributed by atoms with Crippen molar-refractivity contribution < 1.29 is 9.13 Å². The van der Waals surface area contributed by atoms with E-state index in [9.17, 15) is 4.39 Å². The number of hydrogen-bond acceptors (Lipinski definition) is 2. The van der Waals surface area contributed by atoms with Gasteiger partial charge in [0.05, 0.1) is 24.8 Å². The summed E-state index contributed by atoms with van der Waals surface area (Å²) in [5.74, 6) is 0. The molecule has 0 N–H and O–H groups in total. The van der Waals surface area contributed by atoms with Crippen LogP contribution in [0.25, 0.3) is 0 Å². The second kappa shape index (κ2) is 5.28. The van der Waals surface area contributed by atoms with E-state index in [0.717, 1.165) is 5.56 Å². The minimum atomic E-state index is -0.474. The molecule has 68 valence electrons. The lowest BCUT2D eigenvalue weighted by atomic mass is 10.1. The fourth-order valence-electron chi connectivity index (χ4n) is 0.975. The van der Waals surface area contributed by atoms with Crippen molar-refractivity contribution in [1.82, 2.24) is 0 Å². The molecular formula is C10H10FNO. The van der Waals surface area contributed by atoms with Gasteiger partial charge < -0.3 is 4.74 Å². The fraction of sp³-hybridized carbons (Fsp3) is 0.300. The highest BCUT2D eigenvalue weighted by molar-refractivity contribution is 5.32. The molecule has 0 aliphatic carbocycles. The summed E-state index contributed by atoms with van der Waals surface area (Å²) >= 11 is 0. The van der Waals surface area contributed by atoms with Gasteiger partial charge in [-0.25, -0.2) is 4.39 Å². The van der Waals surface area contributed by atoms with E-state index >= 15 is 0 Å². The van der Waals surface area contributed by atoms with E-state index in [1.165, 1.54) is 0 Å². The second-order valence-electron chi connectivity index (χ2n) is 2.55. The van der Waals surface area contributed by atoms with E-state index in [2.05, 4.69) is 0 Å². The quantitative estimate of drug-likeness (QED) is 0.662. The maximum Gasteiger partial charge on any atom is 0.113 e. The van der Waals surface area contributed by atoms with Crippen LogP contribution >= 0.6 is 0 Å². The third kappa shape index (κ3) is 3.22. The van der Waals surface area contributed by atoms with Gasteiger partial charge in [0.15, 0.2) is 0 Å². The van der Waals surface area contributed by atoms with Crippen LogP contribution in [-0.4, -0.2) is 13.3 Å². The first kappa shape index (κ1) is 9.69. The van der Waals surface area contributed by atoms with E-state index in [0.29, 0.717) is 12.2 Å². The van der Waals surface area contributed by atoms with Crippen molar-refractivity contribution in [2.45, 2.75) is 6.61 Å². The van der Waals surface area contributed by atoms with Gasteiger partial charge in [0.2, 0.25) is 0 Å². The first-order chi connectivity index (χ1) is 6.36. The van der Waals surface area contributed by atoms with Crippen molar-refractivity contribution in [1.29, 1.82) is 5.26 Å². The third-order valence-electron chi connectivity index (χ3n) is 1.55. The molecule has 0 unspecified atom stereocenters. The predicted octanol–water partition coefficient (Wildman–Crippen LogP) is 2.04. The molecular weight excluding hydrogens is 169 g/mol. The first-order valence-corrected chi connectivity index (χ1v) is 3.99. The van der Waals surface area contributed by atoms with E-state index in [4.69, 9.17) is 10.00 Å². The Kier molecular flexibility index (Phi) is 3.94. The van der Waals surface area contributed by atoms with Gasteiger partial charge in [0.25, 0.3) is 0 Å². The lowest BCUT2D eigenvalue weighted by molar-refractivity contribution is 0.106. The van der Waals surface area contributed by atoms with Crippen LogP contribution in [-0.2, 0) is 11.3 Å². The van der Waals surface area contributed by atoms with Crippen molar-refractivity contribution in [2.24, 2.45) is 0 Å². The molecule has 0 fully saturated rings. The third-order valence-corrected chi connectivity index (χ3v) is 1.55. The zero-order valence-corrected chi connectivity index (χ0v) is 7.16. The Morgan fingerprint density at radius 3 is 3.00 bits per heavy atom. The highest BCUT2D eigenvalue weighted by Crippen LogP contribution is 2.05. The van der Waals surface area contributed by atoms with Gasteiger partial charge in [0, 0.05) is 0 Å². The second-order valence-corrected chi connectivity index (χ2v) is 2.55. The topological polar surface area (TPSA) is 33.0 Å². The average molecular weight is 179 g/mol. The molecule has 0 saturated heterocycles. The Hall–Kier alpha value is -1.40. The zero-order chi connectivity index (χ0) is 9.52. The van der Waals surface area contributed by atoms with E-state index in [-0.39, 0.29) is 6.61 Å². The summed E-state index contributed by atoms with van der Waals surface area (Å²) in [4.78, 5) is 0. The first-order valence-electron chi connectivity index (χ1n) is 3.99. The lowest BCUT2D eigenvalue weighted by Crippen LogP contribution is -1.96. The monoisotopic (exact) mass is 179 g/mol. The predicted molar refractivity (Wildman–Crippen MR) is 46.8 cm³/mol. The van der Waals surface area contributed by atoms with Crippen LogP contribution in [0.3, 0.4) is 0 Å². The summed E-state index contributed by atoms with van der Waals surface area (Å²) in [5, 5.41) is 8.58. The van der Waals surface area contributed by atoms with Crippen LogP contribution in [0.15, 0.2) is 24.3 Å². The highest BCUT2D eigenvalue weighted by Gasteiger charge is 1.94. The number of ether oxygens (including phenoxy) is 1. The summed E-state index contributed by atoms with van der Waals surface area (Å²) in [5.41, 5.74) is 1.49. The molecule has 0 spiro atoms. The number of halogens is 1. The van der Waals surface area contributed by atoms with Gasteiger partial charge >= 0.3 is 0 Å². The summed E-state index contributed by atoms with van der Waals surface area (Å²) < 4.78 is 16.6. The molecule has 13 heavy (non-hydrogen) atoms. The van der Waals surface area contributed by atoms with E-state index in [1.54, 1.807) is 18.2 Å². The minimum Gasteiger partial charge on any atom is -0.374 e. The van der Waals surface area contributed by atoms with Gasteiger partial charge in [0.1, 0.15) is 6.67 Å². The SMILES string of the molecule is N#Cc1cccc(COCCF)c1. The molecule has 1 aromatic rings. The lowest BCUT2D eigenvalue weighted by Gasteiger charge is -2.01. The number of rotatable bonds is 4. The summed E-state index contributed by atoms with van der Waals surface area (Å²) in [7, 11) is 0. The number of hydrogen-bond donors (Lipinski definition) is 0. The van der Waals surface area contributed by atoms with Crippen LogP contribution in [0.2, 0.25) is 0 Å². The summed E-state index contributed by atoms with van der Waals surface area (Å²) in [6.45, 7) is -0.00579. The van der Waals surface area contributed by atoms with E-state index < -0.39 is 6.67 Å². The summed E-state index contributed by atoms with van der Waals surface area (Å²) in [6.07, 6.45) is 0. The number of nitriles is 1. The molecule has 0 radical (unpaired) electrons. The Balaban J connectivity index is 2.52. The van der Waals surface area contributed by atoms with Crippen molar-refractivity contribution in [2.75, 3.05) is 13.3 Å². The molecule has 0 aromatic heterocycles. The Morgan fingerprint density at radius 1 is 1.46 bits per heavy atom. The molecule has 2 nitrogen and oxygen atoms in total. The van der Waals surface area contributed by atoms with Crippen LogP contribution < -0.4 is 0 Å². The number of nitrogens with zero attached hydrogens (tertiary/aromatic N) is 1. The molecule has 0 bridgehead atoms. The molecule has 0 aliphatic heterocycles. The molecule has 0 atom stereocenters. The number of benzene rings is 1. The Morgan fingerprint density at radius 2 is 2.31 bits per heavy atom. The molecule has 0 saturated carbocycles. The highest BCUT2D eigenvalue weighted by atomic mass is 19.1. The smallest absolute Gasteiger partial charge is 0.113 e. The minimum absolute atomic E-state index is 0.108. The van der Waals surface area contributed by atoms with Crippen molar-refractivity contribution in [3.8, 4) is 6.07 Å². The van der Waals surface area contributed by atoms with Crippen LogP contribution in [0.5, 0.6) is 0 Å². The van der Waals surface area contributed by atoms with Gasteiger partial charge in [-0.05, 0) is 17.7 Å². The fourth-order valence-corrected chi connectivity index (χ4v) is 0.975. The molecule has 0 aliphatic rings. The van der Waals surface area contributed by atoms with Crippen LogP contribution in [0, 0.1) is 11.3 Å². The van der Waals surface area contributed by atoms with Crippen molar-refractivity contribution in [3.63, 3.8) is 0 Å². The maximum absolute atomic E-state index is 11.7. The number of alkyl halides is 1. The molecule has 1 aromatic carbocycles. The summed E-state index contributed by atoms with van der Waals surface area (Å²) in [6, 6.07) is 9.11. The van der Waals surface area contributed by atoms with E-state index in [1.807, 2.05) is 12.1 Å². The maximum atomic E-state index is 11.7. The Labute approximate surface area is 76.6 Å². The van der Waals surface area contributed by atoms with Crippen LogP contribution in [0.4, 0.5) is 4.39 Å². The molecule has 1 rings (SSSR count). The van der Waals surface area contributed by atoms with Crippen molar-refractivity contribution in [3.05, 3.63) is 35.4 Å². The Bertz CT molecular complexity index is 306. The average Bonchev–Trinajstić information content (AvgIpc) is 2.19. The van der Waals surface area contributed by atoms with Gasteiger partial charge in [-0.3, -0.25) is 0 Å². The molecule has 0 heterocycles. The molecule has 3 heteroatoms.